The van der Waals surface area contributed by atoms with Gasteiger partial charge in [-0.1, -0.05) is 66.7 Å². The van der Waals surface area contributed by atoms with Crippen LogP contribution >= 0.6 is 0 Å². The summed E-state index contributed by atoms with van der Waals surface area (Å²) in [5.74, 6) is 0.874. The SMILES string of the molecule is CN(CCOCCOCCOCCOCCOCCOCCOCCOCCOCCOCCOCCOCCOc1ccccc1)C(=O)OCC1c2ccccc2-c2ccccc21. The molecule has 16 nitrogen and oxygen atoms in total. The number of amides is 1. The molecule has 0 bridgehead atoms. The third kappa shape index (κ3) is 24.0. The first kappa shape index (κ1) is 52.9. The van der Waals surface area contributed by atoms with E-state index < -0.39 is 0 Å². The number of ether oxygens (including phenoxy) is 14. The number of carbonyl (C=O) groups excluding carboxylic acids is 1. The Hall–Kier alpha value is -3.75. The van der Waals surface area contributed by atoms with Gasteiger partial charge < -0.3 is 71.2 Å². The van der Waals surface area contributed by atoms with Crippen molar-refractivity contribution in [1.82, 2.24) is 4.90 Å². The van der Waals surface area contributed by atoms with E-state index in [0.29, 0.717) is 178 Å². The van der Waals surface area contributed by atoms with Crippen molar-refractivity contribution in [3.8, 4) is 16.9 Å². The van der Waals surface area contributed by atoms with E-state index in [-0.39, 0.29) is 12.0 Å². The van der Waals surface area contributed by atoms with E-state index >= 15 is 0 Å². The number of carbonyl (C=O) groups is 1. The zero-order valence-corrected chi connectivity index (χ0v) is 37.7. The number of rotatable bonds is 42. The van der Waals surface area contributed by atoms with Gasteiger partial charge in [-0.15, -0.1) is 0 Å². The fourth-order valence-corrected chi connectivity index (χ4v) is 6.25. The van der Waals surface area contributed by atoms with Gasteiger partial charge in [0.1, 0.15) is 19.0 Å². The van der Waals surface area contributed by atoms with Gasteiger partial charge >= 0.3 is 6.09 Å². The standard InChI is InChI=1S/C48H71NO15/c1-49(48(50)64-41-47-45-13-7-5-11-43(45)44-12-6-8-14-46(44)47)15-16-51-17-18-52-19-20-53-21-22-54-23-24-55-25-26-56-27-28-57-29-30-58-31-32-59-33-34-60-35-36-61-37-38-62-39-40-63-42-9-3-2-4-10-42/h2-14,47H,15-41H2,1H3. The topological polar surface area (TPSA) is 150 Å². The normalized spacial score (nSPS) is 12.1. The number of hydrogen-bond donors (Lipinski definition) is 0. The lowest BCUT2D eigenvalue weighted by Crippen LogP contribution is -2.32. The molecule has 0 N–H and O–H groups in total. The van der Waals surface area contributed by atoms with E-state index in [1.54, 1.807) is 7.05 Å². The minimum atomic E-state index is -0.366. The molecular weight excluding hydrogens is 831 g/mol. The molecule has 3 aromatic carbocycles. The molecule has 0 atom stereocenters. The van der Waals surface area contributed by atoms with Crippen LogP contribution in [-0.4, -0.2) is 196 Å². The summed E-state index contributed by atoms with van der Waals surface area (Å²) < 4.78 is 77.6. The van der Waals surface area contributed by atoms with Gasteiger partial charge in [-0.2, -0.15) is 0 Å². The maximum absolute atomic E-state index is 12.6. The lowest BCUT2D eigenvalue weighted by atomic mass is 9.98. The molecular formula is C48H71NO15. The molecule has 0 aromatic heterocycles. The fraction of sp³-hybridized carbons (Fsp3) is 0.604. The van der Waals surface area contributed by atoms with Crippen molar-refractivity contribution in [1.29, 1.82) is 0 Å². The summed E-state index contributed by atoms with van der Waals surface area (Å²) in [5.41, 5.74) is 4.79. The molecule has 0 aliphatic heterocycles. The van der Waals surface area contributed by atoms with Crippen molar-refractivity contribution in [3.05, 3.63) is 90.0 Å². The van der Waals surface area contributed by atoms with E-state index in [9.17, 15) is 4.79 Å². The molecule has 1 amide bonds. The van der Waals surface area contributed by atoms with Crippen molar-refractivity contribution in [3.63, 3.8) is 0 Å². The molecule has 358 valence electrons. The summed E-state index contributed by atoms with van der Waals surface area (Å²) in [5, 5.41) is 0. The second-order valence-electron chi connectivity index (χ2n) is 14.2. The minimum Gasteiger partial charge on any atom is -0.491 e. The molecule has 16 heteroatoms. The number of nitrogens with zero attached hydrogens (tertiary/aromatic N) is 1. The zero-order valence-electron chi connectivity index (χ0n) is 37.7. The van der Waals surface area contributed by atoms with Crippen molar-refractivity contribution >= 4 is 6.09 Å². The summed E-state index contributed by atoms with van der Waals surface area (Å²) in [7, 11) is 1.71. The third-order valence-electron chi connectivity index (χ3n) is 9.55. The lowest BCUT2D eigenvalue weighted by molar-refractivity contribution is -0.0286. The minimum absolute atomic E-state index is 0.0350. The van der Waals surface area contributed by atoms with Gasteiger partial charge in [-0.3, -0.25) is 0 Å². The molecule has 1 aliphatic carbocycles. The third-order valence-corrected chi connectivity index (χ3v) is 9.55. The molecule has 0 fully saturated rings. The Morgan fingerprint density at radius 1 is 0.391 bits per heavy atom. The van der Waals surface area contributed by atoms with Gasteiger partial charge in [-0.25, -0.2) is 4.79 Å². The molecule has 0 saturated heterocycles. The van der Waals surface area contributed by atoms with Crippen LogP contribution in [0, 0.1) is 0 Å². The zero-order chi connectivity index (χ0) is 44.8. The maximum Gasteiger partial charge on any atom is 0.409 e. The highest BCUT2D eigenvalue weighted by atomic mass is 16.6. The Bertz CT molecular complexity index is 1530. The van der Waals surface area contributed by atoms with Crippen LogP contribution in [0.3, 0.4) is 0 Å². The number of likely N-dealkylation sites (N-methyl/N-ethyl adjacent to an activating group) is 1. The van der Waals surface area contributed by atoms with Gasteiger partial charge in [-0.05, 0) is 34.4 Å². The Morgan fingerprint density at radius 3 is 1.05 bits per heavy atom. The van der Waals surface area contributed by atoms with Crippen LogP contribution in [0.5, 0.6) is 5.75 Å². The summed E-state index contributed by atoms with van der Waals surface area (Å²) in [6, 6.07) is 26.2. The molecule has 4 rings (SSSR count). The summed E-state index contributed by atoms with van der Waals surface area (Å²) in [6.07, 6.45) is -0.366. The van der Waals surface area contributed by atoms with Gasteiger partial charge in [0.05, 0.1) is 159 Å². The molecule has 0 saturated carbocycles. The number of benzene rings is 3. The lowest BCUT2D eigenvalue weighted by Gasteiger charge is -2.19. The average Bonchev–Trinajstić information content (AvgIpc) is 3.65. The maximum atomic E-state index is 12.6. The smallest absolute Gasteiger partial charge is 0.409 e. The van der Waals surface area contributed by atoms with Gasteiger partial charge in [0.2, 0.25) is 0 Å². The van der Waals surface area contributed by atoms with Crippen LogP contribution in [0.4, 0.5) is 4.79 Å². The quantitative estimate of drug-likeness (QED) is 0.0690. The first-order valence-electron chi connectivity index (χ1n) is 22.4. The predicted octanol–water partition coefficient (Wildman–Crippen LogP) is 5.15. The van der Waals surface area contributed by atoms with Gasteiger partial charge in [0.15, 0.2) is 0 Å². The van der Waals surface area contributed by atoms with Gasteiger partial charge in [0.25, 0.3) is 0 Å². The van der Waals surface area contributed by atoms with Crippen LogP contribution in [0.25, 0.3) is 11.1 Å². The van der Waals surface area contributed by atoms with E-state index in [2.05, 4.69) is 24.3 Å². The molecule has 3 aromatic rings. The van der Waals surface area contributed by atoms with Crippen molar-refractivity contribution in [2.45, 2.75) is 5.92 Å². The largest absolute Gasteiger partial charge is 0.491 e. The predicted molar refractivity (Wildman–Crippen MR) is 239 cm³/mol. The Balaban J connectivity index is 0.765. The van der Waals surface area contributed by atoms with Crippen LogP contribution in [0.1, 0.15) is 17.0 Å². The summed E-state index contributed by atoms with van der Waals surface area (Å²) in [4.78, 5) is 14.2. The van der Waals surface area contributed by atoms with Crippen LogP contribution in [0.15, 0.2) is 78.9 Å². The first-order valence-corrected chi connectivity index (χ1v) is 22.4. The number of para-hydroxylation sites is 1. The van der Waals surface area contributed by atoms with Crippen LogP contribution < -0.4 is 4.74 Å². The van der Waals surface area contributed by atoms with Crippen molar-refractivity contribution < 1.29 is 71.1 Å². The molecule has 64 heavy (non-hydrogen) atoms. The Morgan fingerprint density at radius 2 is 0.688 bits per heavy atom. The van der Waals surface area contributed by atoms with Gasteiger partial charge in [0, 0.05) is 19.5 Å². The average molecular weight is 902 g/mol. The highest BCUT2D eigenvalue weighted by Crippen LogP contribution is 2.44. The fourth-order valence-electron chi connectivity index (χ4n) is 6.25. The second-order valence-corrected chi connectivity index (χ2v) is 14.2. The number of fused-ring (bicyclic) bond motifs is 3. The highest BCUT2D eigenvalue weighted by Gasteiger charge is 2.29. The van der Waals surface area contributed by atoms with Crippen molar-refractivity contribution in [2.75, 3.05) is 185 Å². The van der Waals surface area contributed by atoms with E-state index in [1.165, 1.54) is 27.2 Å². The Labute approximate surface area is 379 Å². The van der Waals surface area contributed by atoms with Crippen molar-refractivity contribution in [2.24, 2.45) is 0 Å². The van der Waals surface area contributed by atoms with E-state index in [1.807, 2.05) is 54.6 Å². The molecule has 1 aliphatic rings. The second kappa shape index (κ2) is 36.5. The highest BCUT2D eigenvalue weighted by molar-refractivity contribution is 5.79. The first-order chi connectivity index (χ1) is 31.7. The van der Waals surface area contributed by atoms with E-state index in [4.69, 9.17) is 66.3 Å². The molecule has 0 radical (unpaired) electrons. The van der Waals surface area contributed by atoms with E-state index in [0.717, 1.165) is 5.75 Å². The number of hydrogen-bond acceptors (Lipinski definition) is 15. The molecule has 0 heterocycles. The monoisotopic (exact) mass is 901 g/mol. The molecule has 0 unspecified atom stereocenters. The van der Waals surface area contributed by atoms with Crippen LogP contribution in [0.2, 0.25) is 0 Å². The summed E-state index contributed by atoms with van der Waals surface area (Å²) >= 11 is 0. The molecule has 0 spiro atoms. The Kier molecular flexibility index (Phi) is 30.1. The van der Waals surface area contributed by atoms with Crippen LogP contribution in [-0.2, 0) is 61.6 Å². The summed E-state index contributed by atoms with van der Waals surface area (Å²) in [6.45, 7) is 12.8.